The predicted molar refractivity (Wildman–Crippen MR) is 73.0 cm³/mol. The number of rotatable bonds is 5. The highest BCUT2D eigenvalue weighted by Crippen LogP contribution is 2.14. The van der Waals surface area contributed by atoms with Crippen molar-refractivity contribution in [2.24, 2.45) is 5.92 Å². The minimum Gasteiger partial charge on any atom is -0.465 e. The third-order valence-corrected chi connectivity index (χ3v) is 3.54. The van der Waals surface area contributed by atoms with Crippen LogP contribution in [0.1, 0.15) is 28.8 Å². The number of methoxy groups -OCH3 is 1. The van der Waals surface area contributed by atoms with Crippen LogP contribution >= 0.6 is 0 Å². The van der Waals surface area contributed by atoms with Crippen LogP contribution in [0.2, 0.25) is 0 Å². The first-order valence-corrected chi connectivity index (χ1v) is 6.86. The zero-order valence-corrected chi connectivity index (χ0v) is 11.7. The summed E-state index contributed by atoms with van der Waals surface area (Å²) in [5.74, 6) is -0.561. The number of carbonyl (C=O) groups is 1. The Balaban J connectivity index is 1.84. The van der Waals surface area contributed by atoms with Crippen LogP contribution in [0.4, 0.5) is 4.39 Å². The summed E-state index contributed by atoms with van der Waals surface area (Å²) in [7, 11) is 1.24. The Bertz CT molecular complexity index is 458. The van der Waals surface area contributed by atoms with Gasteiger partial charge in [-0.15, -0.1) is 0 Å². The number of halogens is 1. The highest BCUT2D eigenvalue weighted by Gasteiger charge is 2.14. The molecule has 0 saturated carbocycles. The molecule has 0 bridgehead atoms. The molecule has 1 heterocycles. The Labute approximate surface area is 118 Å². The second-order valence-corrected chi connectivity index (χ2v) is 4.99. The minimum absolute atomic E-state index is 0.0271. The Morgan fingerprint density at radius 2 is 2.20 bits per heavy atom. The van der Waals surface area contributed by atoms with Gasteiger partial charge < -0.3 is 14.8 Å². The van der Waals surface area contributed by atoms with Crippen LogP contribution in [0.15, 0.2) is 18.2 Å². The second kappa shape index (κ2) is 7.36. The van der Waals surface area contributed by atoms with Crippen LogP contribution in [0.25, 0.3) is 0 Å². The first kappa shape index (κ1) is 14.9. The fourth-order valence-electron chi connectivity index (χ4n) is 2.32. The van der Waals surface area contributed by atoms with Crippen molar-refractivity contribution in [2.45, 2.75) is 19.4 Å². The average molecular weight is 281 g/mol. The van der Waals surface area contributed by atoms with Gasteiger partial charge in [0.2, 0.25) is 0 Å². The van der Waals surface area contributed by atoms with E-state index in [2.05, 4.69) is 10.1 Å². The number of benzene rings is 1. The maximum atomic E-state index is 13.7. The van der Waals surface area contributed by atoms with Crippen molar-refractivity contribution >= 4 is 5.97 Å². The summed E-state index contributed by atoms with van der Waals surface area (Å²) in [6, 6.07) is 4.59. The molecule has 4 nitrogen and oxygen atoms in total. The van der Waals surface area contributed by atoms with Crippen molar-refractivity contribution < 1.29 is 18.7 Å². The Morgan fingerprint density at radius 3 is 2.85 bits per heavy atom. The largest absolute Gasteiger partial charge is 0.465 e. The summed E-state index contributed by atoms with van der Waals surface area (Å²) < 4.78 is 23.5. The molecule has 1 aliphatic rings. The number of hydrogen-bond acceptors (Lipinski definition) is 4. The van der Waals surface area contributed by atoms with Crippen LogP contribution in [-0.4, -0.2) is 32.8 Å². The van der Waals surface area contributed by atoms with E-state index in [1.807, 2.05) is 0 Å². The SMILES string of the molecule is COC(=O)c1ccc(CNCC2CCOCC2)cc1F. The van der Waals surface area contributed by atoms with Gasteiger partial charge in [-0.3, -0.25) is 0 Å². The van der Waals surface area contributed by atoms with E-state index in [4.69, 9.17) is 4.74 Å². The van der Waals surface area contributed by atoms with Gasteiger partial charge in [0.25, 0.3) is 0 Å². The topological polar surface area (TPSA) is 47.6 Å². The molecule has 1 aliphatic heterocycles. The molecule has 0 radical (unpaired) electrons. The van der Waals surface area contributed by atoms with Gasteiger partial charge in [-0.05, 0) is 43.0 Å². The van der Waals surface area contributed by atoms with Crippen molar-refractivity contribution in [1.82, 2.24) is 5.32 Å². The van der Waals surface area contributed by atoms with E-state index in [1.54, 1.807) is 6.07 Å². The number of carbonyl (C=O) groups excluding carboxylic acids is 1. The molecule has 1 fully saturated rings. The first-order chi connectivity index (χ1) is 9.70. The van der Waals surface area contributed by atoms with Gasteiger partial charge in [0, 0.05) is 19.8 Å². The lowest BCUT2D eigenvalue weighted by Crippen LogP contribution is -2.27. The van der Waals surface area contributed by atoms with Gasteiger partial charge in [-0.1, -0.05) is 6.07 Å². The van der Waals surface area contributed by atoms with Crippen molar-refractivity contribution in [2.75, 3.05) is 26.9 Å². The van der Waals surface area contributed by atoms with Crippen LogP contribution in [-0.2, 0) is 16.0 Å². The van der Waals surface area contributed by atoms with Gasteiger partial charge >= 0.3 is 5.97 Å². The fourth-order valence-corrected chi connectivity index (χ4v) is 2.32. The van der Waals surface area contributed by atoms with Crippen molar-refractivity contribution in [3.63, 3.8) is 0 Å². The summed E-state index contributed by atoms with van der Waals surface area (Å²) in [5, 5.41) is 3.32. The maximum absolute atomic E-state index is 13.7. The third kappa shape index (κ3) is 4.02. The van der Waals surface area contributed by atoms with Crippen molar-refractivity contribution in [1.29, 1.82) is 0 Å². The number of nitrogens with one attached hydrogen (secondary N) is 1. The summed E-state index contributed by atoms with van der Waals surface area (Å²) in [6.45, 7) is 3.16. The number of esters is 1. The molecule has 1 saturated heterocycles. The third-order valence-electron chi connectivity index (χ3n) is 3.54. The van der Waals surface area contributed by atoms with Gasteiger partial charge in [0.15, 0.2) is 0 Å². The Morgan fingerprint density at radius 1 is 1.45 bits per heavy atom. The lowest BCUT2D eigenvalue weighted by Gasteiger charge is -2.22. The van der Waals surface area contributed by atoms with E-state index in [0.29, 0.717) is 12.5 Å². The van der Waals surface area contributed by atoms with E-state index in [0.717, 1.165) is 38.2 Å². The predicted octanol–water partition coefficient (Wildman–Crippen LogP) is 2.13. The zero-order chi connectivity index (χ0) is 14.4. The van der Waals surface area contributed by atoms with E-state index in [-0.39, 0.29) is 5.56 Å². The average Bonchev–Trinajstić information content (AvgIpc) is 2.48. The van der Waals surface area contributed by atoms with Crippen LogP contribution in [0.5, 0.6) is 0 Å². The Kier molecular flexibility index (Phi) is 5.49. The lowest BCUT2D eigenvalue weighted by atomic mass is 10.0. The molecule has 0 aliphatic carbocycles. The molecule has 110 valence electrons. The van der Waals surface area contributed by atoms with Crippen LogP contribution in [0.3, 0.4) is 0 Å². The highest BCUT2D eigenvalue weighted by atomic mass is 19.1. The van der Waals surface area contributed by atoms with Crippen LogP contribution in [0, 0.1) is 11.7 Å². The monoisotopic (exact) mass is 281 g/mol. The fraction of sp³-hybridized carbons (Fsp3) is 0.533. The van der Waals surface area contributed by atoms with Gasteiger partial charge in [-0.2, -0.15) is 0 Å². The van der Waals surface area contributed by atoms with Gasteiger partial charge in [0.1, 0.15) is 5.82 Å². The van der Waals surface area contributed by atoms with Crippen molar-refractivity contribution in [3.05, 3.63) is 35.1 Å². The number of hydrogen-bond donors (Lipinski definition) is 1. The molecule has 0 spiro atoms. The molecule has 1 aromatic carbocycles. The number of ether oxygens (including phenoxy) is 2. The molecule has 2 rings (SSSR count). The second-order valence-electron chi connectivity index (χ2n) is 4.99. The maximum Gasteiger partial charge on any atom is 0.340 e. The van der Waals surface area contributed by atoms with E-state index in [1.165, 1.54) is 19.2 Å². The molecule has 1 N–H and O–H groups in total. The summed E-state index contributed by atoms with van der Waals surface area (Å²) >= 11 is 0. The minimum atomic E-state index is -0.649. The molecular weight excluding hydrogens is 261 g/mol. The molecule has 0 aromatic heterocycles. The molecule has 1 aromatic rings. The quantitative estimate of drug-likeness (QED) is 0.840. The summed E-state index contributed by atoms with van der Waals surface area (Å²) in [5.41, 5.74) is 0.794. The molecule has 0 amide bonds. The van der Waals surface area contributed by atoms with E-state index >= 15 is 0 Å². The smallest absolute Gasteiger partial charge is 0.340 e. The van der Waals surface area contributed by atoms with Gasteiger partial charge in [-0.25, -0.2) is 9.18 Å². The zero-order valence-electron chi connectivity index (χ0n) is 11.7. The van der Waals surface area contributed by atoms with E-state index in [9.17, 15) is 9.18 Å². The molecule has 0 unspecified atom stereocenters. The van der Waals surface area contributed by atoms with Crippen LogP contribution < -0.4 is 5.32 Å². The Hall–Kier alpha value is -1.46. The molecule has 0 atom stereocenters. The summed E-state index contributed by atoms with van der Waals surface area (Å²) in [6.07, 6.45) is 2.14. The standard InChI is InChI=1S/C15H20FNO3/c1-19-15(18)13-3-2-12(8-14(13)16)10-17-9-11-4-6-20-7-5-11/h2-3,8,11,17H,4-7,9-10H2,1H3. The normalized spacial score (nSPS) is 16.1. The van der Waals surface area contributed by atoms with Crippen molar-refractivity contribution in [3.8, 4) is 0 Å². The van der Waals surface area contributed by atoms with Gasteiger partial charge in [0.05, 0.1) is 12.7 Å². The summed E-state index contributed by atoms with van der Waals surface area (Å²) in [4.78, 5) is 11.3. The molecule has 20 heavy (non-hydrogen) atoms. The first-order valence-electron chi connectivity index (χ1n) is 6.86. The molecular formula is C15H20FNO3. The molecule has 5 heteroatoms. The lowest BCUT2D eigenvalue weighted by molar-refractivity contribution is 0.0595. The van der Waals surface area contributed by atoms with E-state index < -0.39 is 11.8 Å². The highest BCUT2D eigenvalue weighted by molar-refractivity contribution is 5.89.